The van der Waals surface area contributed by atoms with Crippen molar-refractivity contribution in [2.75, 3.05) is 19.6 Å². The minimum atomic E-state index is -0.431. The van der Waals surface area contributed by atoms with Crippen molar-refractivity contribution in [1.82, 2.24) is 15.1 Å². The van der Waals surface area contributed by atoms with Gasteiger partial charge in [0, 0.05) is 36.1 Å². The Morgan fingerprint density at radius 1 is 1.29 bits per heavy atom. The Bertz CT molecular complexity index is 1090. The molecular formula is C25H29ClFN5O2. The molecule has 0 aliphatic carbocycles. The molecule has 3 saturated heterocycles. The van der Waals surface area contributed by atoms with E-state index in [9.17, 15) is 9.18 Å². The number of rotatable bonds is 5. The number of ether oxygens (including phenoxy) is 1. The number of halogens is 2. The van der Waals surface area contributed by atoms with Gasteiger partial charge in [-0.25, -0.2) is 9.38 Å². The van der Waals surface area contributed by atoms with Crippen LogP contribution in [-0.4, -0.2) is 65.5 Å². The van der Waals surface area contributed by atoms with Crippen molar-refractivity contribution >= 4 is 29.4 Å². The highest BCUT2D eigenvalue weighted by Crippen LogP contribution is 2.38. The van der Waals surface area contributed by atoms with E-state index in [0.29, 0.717) is 39.8 Å². The molecule has 4 aliphatic heterocycles. The van der Waals surface area contributed by atoms with Crippen LogP contribution >= 0.6 is 11.6 Å². The van der Waals surface area contributed by atoms with Gasteiger partial charge in [-0.3, -0.25) is 9.69 Å². The summed E-state index contributed by atoms with van der Waals surface area (Å²) in [5.74, 6) is 0.0820. The van der Waals surface area contributed by atoms with E-state index in [-0.39, 0.29) is 30.9 Å². The standard InChI is InChI=1S/C25H29ClFN5O2/c1-2-7-32-17-4-5-18(32)10-19(9-17)34-23-8-16(27)3-6-20(23)25(33)31-13-21(22(28)14-31)24-29-11-15(26)12-30-24/h3,6,8,11-12,17-19,28-29H,2,4-5,7,9-10,13-14H2,1H3/b24-21+,28-22?/t17-,18+,19+. The van der Waals surface area contributed by atoms with Crippen LogP contribution in [0.15, 0.2) is 45.8 Å². The normalized spacial score (nSPS) is 28.8. The number of allylic oxidation sites excluding steroid dienone is 1. The van der Waals surface area contributed by atoms with Crippen LogP contribution in [0, 0.1) is 11.2 Å². The predicted molar refractivity (Wildman–Crippen MR) is 130 cm³/mol. The van der Waals surface area contributed by atoms with Crippen molar-refractivity contribution in [3.63, 3.8) is 0 Å². The first-order valence-electron chi connectivity index (χ1n) is 11.9. The number of piperidine rings is 1. The number of aliphatic imine (C=N–C) groups is 1. The molecule has 4 aliphatic rings. The first kappa shape index (κ1) is 23.1. The fourth-order valence-corrected chi connectivity index (χ4v) is 5.66. The van der Waals surface area contributed by atoms with Gasteiger partial charge in [0.1, 0.15) is 23.5 Å². The molecule has 1 amide bonds. The van der Waals surface area contributed by atoms with E-state index in [1.165, 1.54) is 37.3 Å². The number of amides is 1. The van der Waals surface area contributed by atoms with Gasteiger partial charge < -0.3 is 20.4 Å². The molecule has 0 radical (unpaired) electrons. The summed E-state index contributed by atoms with van der Waals surface area (Å²) in [6.45, 7) is 3.70. The Morgan fingerprint density at radius 3 is 2.74 bits per heavy atom. The summed E-state index contributed by atoms with van der Waals surface area (Å²) in [6.07, 6.45) is 8.33. The van der Waals surface area contributed by atoms with Crippen LogP contribution in [0.25, 0.3) is 0 Å². The number of likely N-dealkylation sites (tertiary alicyclic amines) is 1. The lowest BCUT2D eigenvalue weighted by molar-refractivity contribution is 0.0482. The zero-order chi connectivity index (χ0) is 23.8. The van der Waals surface area contributed by atoms with Crippen molar-refractivity contribution in [1.29, 1.82) is 5.41 Å². The van der Waals surface area contributed by atoms with Gasteiger partial charge in [0.15, 0.2) is 0 Å². The fourth-order valence-electron chi connectivity index (χ4n) is 5.56. The van der Waals surface area contributed by atoms with Crippen LogP contribution < -0.4 is 10.1 Å². The maximum atomic E-state index is 14.2. The number of nitrogens with zero attached hydrogens (tertiary/aromatic N) is 3. The molecule has 1 aromatic carbocycles. The number of benzene rings is 1. The van der Waals surface area contributed by atoms with Gasteiger partial charge in [0.05, 0.1) is 29.4 Å². The Kier molecular flexibility index (Phi) is 6.44. The highest BCUT2D eigenvalue weighted by Gasteiger charge is 2.41. The zero-order valence-electron chi connectivity index (χ0n) is 19.2. The predicted octanol–water partition coefficient (Wildman–Crippen LogP) is 4.05. The van der Waals surface area contributed by atoms with Crippen molar-refractivity contribution < 1.29 is 13.9 Å². The molecule has 9 heteroatoms. The Labute approximate surface area is 203 Å². The van der Waals surface area contributed by atoms with E-state index in [4.69, 9.17) is 21.7 Å². The van der Waals surface area contributed by atoms with Gasteiger partial charge >= 0.3 is 0 Å². The van der Waals surface area contributed by atoms with Crippen LogP contribution in [0.2, 0.25) is 0 Å². The van der Waals surface area contributed by atoms with Crippen LogP contribution in [0.3, 0.4) is 0 Å². The second-order valence-corrected chi connectivity index (χ2v) is 9.81. The van der Waals surface area contributed by atoms with Crippen LogP contribution in [0.5, 0.6) is 5.75 Å². The number of carbonyl (C=O) groups excluding carboxylic acids is 1. The smallest absolute Gasteiger partial charge is 0.258 e. The van der Waals surface area contributed by atoms with E-state index < -0.39 is 5.82 Å². The van der Waals surface area contributed by atoms with Gasteiger partial charge in [-0.05, 0) is 50.8 Å². The molecule has 180 valence electrons. The molecule has 2 N–H and O–H groups in total. The van der Waals surface area contributed by atoms with Crippen molar-refractivity contribution in [3.05, 3.63) is 52.2 Å². The maximum Gasteiger partial charge on any atom is 0.258 e. The molecule has 0 unspecified atom stereocenters. The summed E-state index contributed by atoms with van der Waals surface area (Å²) in [4.78, 5) is 21.8. The largest absolute Gasteiger partial charge is 0.489 e. The highest BCUT2D eigenvalue weighted by atomic mass is 35.5. The monoisotopic (exact) mass is 485 g/mol. The van der Waals surface area contributed by atoms with Gasteiger partial charge in [0.2, 0.25) is 0 Å². The SMILES string of the molecule is CCCN1[C@@H]2CC[C@H]1C[C@@H](Oc1cc(F)ccc1C(=O)N1CC(=N)/C(=C3/N=CC(Cl)=CN3)C1)C2. The van der Waals surface area contributed by atoms with E-state index in [1.54, 1.807) is 11.1 Å². The molecular weight excluding hydrogens is 457 g/mol. The molecule has 0 spiro atoms. The second-order valence-electron chi connectivity index (χ2n) is 9.37. The third-order valence-corrected chi connectivity index (χ3v) is 7.30. The summed E-state index contributed by atoms with van der Waals surface area (Å²) < 4.78 is 20.5. The minimum Gasteiger partial charge on any atom is -0.489 e. The lowest BCUT2D eigenvalue weighted by atomic mass is 9.99. The second kappa shape index (κ2) is 9.50. The molecule has 1 aromatic rings. The quantitative estimate of drug-likeness (QED) is 0.659. The number of nitrogens with one attached hydrogen (secondary N) is 2. The molecule has 4 heterocycles. The van der Waals surface area contributed by atoms with E-state index in [0.717, 1.165) is 25.8 Å². The Hall–Kier alpha value is -2.71. The third-order valence-electron chi connectivity index (χ3n) is 7.09. The van der Waals surface area contributed by atoms with Crippen molar-refractivity contribution in [3.8, 4) is 5.75 Å². The molecule has 0 aromatic heterocycles. The summed E-state index contributed by atoms with van der Waals surface area (Å²) in [7, 11) is 0. The van der Waals surface area contributed by atoms with Gasteiger partial charge in [-0.1, -0.05) is 18.5 Å². The van der Waals surface area contributed by atoms with Gasteiger partial charge in [-0.15, -0.1) is 0 Å². The lowest BCUT2D eigenvalue weighted by Gasteiger charge is -2.39. The van der Waals surface area contributed by atoms with Crippen LogP contribution in [0.1, 0.15) is 49.4 Å². The summed E-state index contributed by atoms with van der Waals surface area (Å²) in [5.41, 5.74) is 1.27. The average Bonchev–Trinajstić information content (AvgIpc) is 3.30. The van der Waals surface area contributed by atoms with Crippen molar-refractivity contribution in [2.24, 2.45) is 4.99 Å². The number of fused-ring (bicyclic) bond motifs is 2. The first-order valence-corrected chi connectivity index (χ1v) is 12.3. The van der Waals surface area contributed by atoms with Crippen molar-refractivity contribution in [2.45, 2.75) is 57.2 Å². The van der Waals surface area contributed by atoms with Gasteiger partial charge in [0.25, 0.3) is 5.91 Å². The van der Waals surface area contributed by atoms with Gasteiger partial charge in [-0.2, -0.15) is 0 Å². The molecule has 5 rings (SSSR count). The number of carbonyl (C=O) groups is 1. The van der Waals surface area contributed by atoms with Crippen LogP contribution in [-0.2, 0) is 0 Å². The van der Waals surface area contributed by atoms with E-state index >= 15 is 0 Å². The summed E-state index contributed by atoms with van der Waals surface area (Å²) in [5, 5.41) is 11.8. The fraction of sp³-hybridized carbons (Fsp3) is 0.480. The molecule has 34 heavy (non-hydrogen) atoms. The first-order chi connectivity index (χ1) is 16.4. The zero-order valence-corrected chi connectivity index (χ0v) is 19.9. The molecule has 0 saturated carbocycles. The molecule has 7 nitrogen and oxygen atoms in total. The molecule has 3 fully saturated rings. The third kappa shape index (κ3) is 4.49. The molecule has 2 bridgehead atoms. The van der Waals surface area contributed by atoms with E-state index in [2.05, 4.69) is 22.1 Å². The van der Waals surface area contributed by atoms with Crippen LogP contribution in [0.4, 0.5) is 4.39 Å². The lowest BCUT2D eigenvalue weighted by Crippen LogP contribution is -2.46. The minimum absolute atomic E-state index is 0.0363. The maximum absolute atomic E-state index is 14.2. The molecule has 3 atom stereocenters. The summed E-state index contributed by atoms with van der Waals surface area (Å²) >= 11 is 5.90. The van der Waals surface area contributed by atoms with E-state index in [1.807, 2.05) is 0 Å². The summed E-state index contributed by atoms with van der Waals surface area (Å²) in [6, 6.07) is 5.08. The Morgan fingerprint density at radius 2 is 2.06 bits per heavy atom. The number of hydrogen-bond acceptors (Lipinski definition) is 6. The highest BCUT2D eigenvalue weighted by molar-refractivity contribution is 6.39. The Balaban J connectivity index is 1.33. The topological polar surface area (TPSA) is 81.0 Å². The number of hydrogen-bond donors (Lipinski definition) is 2. The average molecular weight is 486 g/mol.